The summed E-state index contributed by atoms with van der Waals surface area (Å²) in [5, 5.41) is 0. The van der Waals surface area contributed by atoms with Crippen molar-refractivity contribution in [2.75, 3.05) is 18.8 Å². The molecule has 122 valence electrons. The summed E-state index contributed by atoms with van der Waals surface area (Å²) in [6, 6.07) is 4.43. The first-order valence-corrected chi connectivity index (χ1v) is 9.31. The zero-order chi connectivity index (χ0) is 16.2. The van der Waals surface area contributed by atoms with Crippen LogP contribution >= 0.6 is 0 Å². The minimum absolute atomic E-state index is 0.0145. The third kappa shape index (κ3) is 4.90. The van der Waals surface area contributed by atoms with Crippen LogP contribution in [0.1, 0.15) is 38.3 Å². The van der Waals surface area contributed by atoms with Crippen LogP contribution < -0.4 is 4.72 Å². The standard InChI is InChI=1S/C16H25N3O2S/c1-13(2)12-22(20,21)18-16-6-10-19(11-7-16)14(3)15-4-8-17-9-5-15/h4-5,8-9,14,16,18H,1,6-7,10-12H2,2-3H3. The van der Waals surface area contributed by atoms with Gasteiger partial charge in [-0.25, -0.2) is 13.1 Å². The van der Waals surface area contributed by atoms with Gasteiger partial charge in [0.1, 0.15) is 0 Å². The van der Waals surface area contributed by atoms with Gasteiger partial charge in [-0.15, -0.1) is 0 Å². The van der Waals surface area contributed by atoms with Gasteiger partial charge in [-0.2, -0.15) is 0 Å². The van der Waals surface area contributed by atoms with Gasteiger partial charge in [0.2, 0.25) is 10.0 Å². The van der Waals surface area contributed by atoms with E-state index >= 15 is 0 Å². The van der Waals surface area contributed by atoms with Crippen LogP contribution in [-0.2, 0) is 10.0 Å². The fourth-order valence-electron chi connectivity index (χ4n) is 2.88. The predicted octanol–water partition coefficient (Wildman–Crippen LogP) is 2.10. The summed E-state index contributed by atoms with van der Waals surface area (Å²) < 4.78 is 26.7. The second kappa shape index (κ2) is 7.35. The molecule has 0 aliphatic carbocycles. The molecular weight excluding hydrogens is 298 g/mol. The second-order valence-electron chi connectivity index (χ2n) is 6.10. The minimum atomic E-state index is -3.25. The van der Waals surface area contributed by atoms with E-state index < -0.39 is 10.0 Å². The number of piperidine rings is 1. The van der Waals surface area contributed by atoms with Crippen molar-refractivity contribution < 1.29 is 8.42 Å². The molecule has 1 fully saturated rings. The van der Waals surface area contributed by atoms with E-state index in [-0.39, 0.29) is 11.8 Å². The van der Waals surface area contributed by atoms with Crippen molar-refractivity contribution in [3.05, 3.63) is 42.2 Å². The van der Waals surface area contributed by atoms with Gasteiger partial charge in [-0.1, -0.05) is 12.2 Å². The topological polar surface area (TPSA) is 62.3 Å². The maximum atomic E-state index is 12.0. The van der Waals surface area contributed by atoms with Gasteiger partial charge in [0.25, 0.3) is 0 Å². The van der Waals surface area contributed by atoms with E-state index in [0.717, 1.165) is 25.9 Å². The highest BCUT2D eigenvalue weighted by Gasteiger charge is 2.26. The quantitative estimate of drug-likeness (QED) is 0.815. The van der Waals surface area contributed by atoms with Gasteiger partial charge in [0.05, 0.1) is 5.75 Å². The van der Waals surface area contributed by atoms with E-state index in [9.17, 15) is 8.42 Å². The SMILES string of the molecule is C=C(C)CS(=O)(=O)NC1CCN(C(C)c2ccncc2)CC1. The molecule has 2 heterocycles. The number of likely N-dealkylation sites (tertiary alicyclic amines) is 1. The molecule has 1 aliphatic rings. The molecule has 5 nitrogen and oxygen atoms in total. The molecule has 0 saturated carbocycles. The number of aromatic nitrogens is 1. The third-order valence-electron chi connectivity index (χ3n) is 4.05. The average molecular weight is 323 g/mol. The van der Waals surface area contributed by atoms with Gasteiger partial charge in [0.15, 0.2) is 0 Å². The Bertz CT molecular complexity index is 593. The molecule has 0 spiro atoms. The lowest BCUT2D eigenvalue weighted by atomic mass is 10.0. The zero-order valence-electron chi connectivity index (χ0n) is 13.3. The fraction of sp³-hybridized carbons (Fsp3) is 0.562. The number of nitrogens with zero attached hydrogens (tertiary/aromatic N) is 2. The van der Waals surface area contributed by atoms with Crippen LogP contribution in [0.2, 0.25) is 0 Å². The lowest BCUT2D eigenvalue weighted by Crippen LogP contribution is -2.45. The Labute approximate surface area is 133 Å². The number of rotatable bonds is 6. The van der Waals surface area contributed by atoms with Crippen molar-refractivity contribution >= 4 is 10.0 Å². The number of nitrogens with one attached hydrogen (secondary N) is 1. The van der Waals surface area contributed by atoms with E-state index in [4.69, 9.17) is 0 Å². The molecule has 6 heteroatoms. The Kier molecular flexibility index (Phi) is 5.72. The van der Waals surface area contributed by atoms with Crippen molar-refractivity contribution in [3.8, 4) is 0 Å². The summed E-state index contributed by atoms with van der Waals surface area (Å²) in [7, 11) is -3.25. The van der Waals surface area contributed by atoms with Gasteiger partial charge < -0.3 is 0 Å². The van der Waals surface area contributed by atoms with Crippen LogP contribution in [0.25, 0.3) is 0 Å². The van der Waals surface area contributed by atoms with Gasteiger partial charge in [-0.3, -0.25) is 9.88 Å². The molecule has 22 heavy (non-hydrogen) atoms. The van der Waals surface area contributed by atoms with Crippen LogP contribution in [0.5, 0.6) is 0 Å². The third-order valence-corrected chi connectivity index (χ3v) is 5.61. The molecule has 0 bridgehead atoms. The van der Waals surface area contributed by atoms with Crippen molar-refractivity contribution in [1.82, 2.24) is 14.6 Å². The largest absolute Gasteiger partial charge is 0.296 e. The predicted molar refractivity (Wildman–Crippen MR) is 89.0 cm³/mol. The lowest BCUT2D eigenvalue weighted by Gasteiger charge is -2.36. The summed E-state index contributed by atoms with van der Waals surface area (Å²) in [6.45, 7) is 9.37. The number of sulfonamides is 1. The molecule has 1 aliphatic heterocycles. The molecule has 0 aromatic carbocycles. The molecule has 1 atom stereocenters. The first-order chi connectivity index (χ1) is 10.4. The van der Waals surface area contributed by atoms with Crippen LogP contribution in [-0.4, -0.2) is 43.2 Å². The summed E-state index contributed by atoms with van der Waals surface area (Å²) >= 11 is 0. The number of hydrogen-bond acceptors (Lipinski definition) is 4. The Balaban J connectivity index is 1.87. The minimum Gasteiger partial charge on any atom is -0.296 e. The van der Waals surface area contributed by atoms with Crippen LogP contribution in [0.3, 0.4) is 0 Å². The molecule has 0 radical (unpaired) electrons. The number of pyridine rings is 1. The average Bonchev–Trinajstić information content (AvgIpc) is 2.46. The highest BCUT2D eigenvalue weighted by atomic mass is 32.2. The highest BCUT2D eigenvalue weighted by Crippen LogP contribution is 2.23. The molecule has 1 aromatic rings. The summed E-state index contributed by atoms with van der Waals surface area (Å²) in [5.41, 5.74) is 1.91. The van der Waals surface area contributed by atoms with Gasteiger partial charge >= 0.3 is 0 Å². The molecular formula is C16H25N3O2S. The fourth-order valence-corrected chi connectivity index (χ4v) is 4.35. The Morgan fingerprint density at radius 3 is 2.55 bits per heavy atom. The smallest absolute Gasteiger partial charge is 0.215 e. The second-order valence-corrected chi connectivity index (χ2v) is 7.85. The van der Waals surface area contributed by atoms with Gasteiger partial charge in [-0.05, 0) is 44.4 Å². The van der Waals surface area contributed by atoms with E-state index in [2.05, 4.69) is 28.1 Å². The summed E-state index contributed by atoms with van der Waals surface area (Å²) in [4.78, 5) is 6.43. The summed E-state index contributed by atoms with van der Waals surface area (Å²) in [6.07, 6.45) is 5.30. The van der Waals surface area contributed by atoms with Crippen molar-refractivity contribution in [3.63, 3.8) is 0 Å². The highest BCUT2D eigenvalue weighted by molar-refractivity contribution is 7.89. The monoisotopic (exact) mass is 323 g/mol. The molecule has 1 unspecified atom stereocenters. The van der Waals surface area contributed by atoms with Crippen LogP contribution in [0.4, 0.5) is 0 Å². The molecule has 1 saturated heterocycles. The first kappa shape index (κ1) is 17.1. The summed E-state index contributed by atoms with van der Waals surface area (Å²) in [5.74, 6) is 0.0145. The number of hydrogen-bond donors (Lipinski definition) is 1. The zero-order valence-corrected chi connectivity index (χ0v) is 14.1. The van der Waals surface area contributed by atoms with E-state index in [1.54, 1.807) is 6.92 Å². The van der Waals surface area contributed by atoms with Gasteiger partial charge in [0, 0.05) is 37.6 Å². The molecule has 0 amide bonds. The normalized spacial score (nSPS) is 19.0. The van der Waals surface area contributed by atoms with Crippen LogP contribution in [0, 0.1) is 0 Å². The molecule has 1 aromatic heterocycles. The van der Waals surface area contributed by atoms with Crippen molar-refractivity contribution in [2.24, 2.45) is 0 Å². The molecule has 1 N–H and O–H groups in total. The van der Waals surface area contributed by atoms with Crippen LogP contribution in [0.15, 0.2) is 36.7 Å². The lowest BCUT2D eigenvalue weighted by molar-refractivity contribution is 0.159. The van der Waals surface area contributed by atoms with E-state index in [1.165, 1.54) is 5.56 Å². The van der Waals surface area contributed by atoms with E-state index in [0.29, 0.717) is 11.6 Å². The van der Waals surface area contributed by atoms with E-state index in [1.807, 2.05) is 24.5 Å². The Hall–Kier alpha value is -1.24. The Morgan fingerprint density at radius 2 is 2.00 bits per heavy atom. The maximum Gasteiger partial charge on any atom is 0.215 e. The molecule has 2 rings (SSSR count). The van der Waals surface area contributed by atoms with Crippen molar-refractivity contribution in [1.29, 1.82) is 0 Å². The Morgan fingerprint density at radius 1 is 1.41 bits per heavy atom. The first-order valence-electron chi connectivity index (χ1n) is 7.66. The maximum absolute atomic E-state index is 12.0. The van der Waals surface area contributed by atoms with Crippen molar-refractivity contribution in [2.45, 2.75) is 38.8 Å².